The molecule has 1 aromatic rings. The van der Waals surface area contributed by atoms with E-state index in [1.165, 1.54) is 21.9 Å². The van der Waals surface area contributed by atoms with E-state index >= 15 is 0 Å². The number of allylic oxidation sites excluding steroid dienone is 1. The number of rotatable bonds is 7. The number of carbonyl (C=O) groups excluding carboxylic acids is 4. The monoisotopic (exact) mass is 698 g/mol. The van der Waals surface area contributed by atoms with Crippen LogP contribution in [0, 0.1) is 5.82 Å². The van der Waals surface area contributed by atoms with Crippen LogP contribution in [0.15, 0.2) is 43.0 Å². The van der Waals surface area contributed by atoms with Crippen molar-refractivity contribution in [2.45, 2.75) is 140 Å². The van der Waals surface area contributed by atoms with E-state index in [9.17, 15) is 33.5 Å². The Kier molecular flexibility index (Phi) is 12.7. The average Bonchev–Trinajstić information content (AvgIpc) is 3.65. The Morgan fingerprint density at radius 3 is 2.58 bits per heavy atom. The molecule has 1 fully saturated rings. The number of nitrogens with one attached hydrogen (secondary N) is 2. The molecule has 3 aliphatic heterocycles. The number of carboxylic acids is 1. The number of carboxylic acid groups (broad SMARTS) is 1. The van der Waals surface area contributed by atoms with Gasteiger partial charge in [0.15, 0.2) is 5.54 Å². The molecular weight excluding hydrogens is 647 g/mol. The smallest absolute Gasteiger partial charge is 0.410 e. The van der Waals surface area contributed by atoms with Gasteiger partial charge in [0.05, 0.1) is 12.6 Å². The molecule has 0 aliphatic carbocycles. The predicted molar refractivity (Wildman–Crippen MR) is 183 cm³/mol. The average molecular weight is 699 g/mol. The molecule has 3 heterocycles. The highest BCUT2D eigenvalue weighted by Crippen LogP contribution is 2.35. The van der Waals surface area contributed by atoms with Crippen molar-refractivity contribution in [3.8, 4) is 0 Å². The SMILES string of the molecule is C=C[C@]1(C(=O)O)C/C=C\CCCCC[C@H](NC(=O)OC(C)(C)C)C(=O)N2[C@@H](C[C@@H](OC(=O)N3Cc4cccc(F)c4C3)[C@@H]2CCCC)C(=O)N1. The van der Waals surface area contributed by atoms with Crippen molar-refractivity contribution in [2.75, 3.05) is 0 Å². The Morgan fingerprint density at radius 1 is 1.16 bits per heavy atom. The van der Waals surface area contributed by atoms with Gasteiger partial charge in [-0.3, -0.25) is 14.5 Å². The first-order valence-electron chi connectivity index (χ1n) is 17.6. The summed E-state index contributed by atoms with van der Waals surface area (Å²) in [6.07, 6.45) is 6.81. The van der Waals surface area contributed by atoms with E-state index in [2.05, 4.69) is 17.2 Å². The number of ether oxygens (including phenoxy) is 2. The molecule has 0 unspecified atom stereocenters. The number of carbonyl (C=O) groups is 5. The van der Waals surface area contributed by atoms with E-state index in [0.717, 1.165) is 19.3 Å². The van der Waals surface area contributed by atoms with Crippen LogP contribution in [-0.4, -0.2) is 80.2 Å². The van der Waals surface area contributed by atoms with Crippen LogP contribution in [-0.2, 0) is 36.9 Å². The Balaban J connectivity index is 1.72. The minimum absolute atomic E-state index is 0.00954. The lowest BCUT2D eigenvalue weighted by molar-refractivity contribution is -0.148. The van der Waals surface area contributed by atoms with E-state index in [1.54, 1.807) is 39.0 Å². The molecule has 0 spiro atoms. The molecule has 4 amide bonds. The third kappa shape index (κ3) is 9.22. The van der Waals surface area contributed by atoms with Crippen LogP contribution in [0.4, 0.5) is 14.0 Å². The molecule has 13 heteroatoms. The van der Waals surface area contributed by atoms with Gasteiger partial charge in [-0.15, -0.1) is 6.58 Å². The van der Waals surface area contributed by atoms with Crippen LogP contribution in [0.1, 0.15) is 103 Å². The summed E-state index contributed by atoms with van der Waals surface area (Å²) in [5, 5.41) is 15.6. The van der Waals surface area contributed by atoms with Gasteiger partial charge in [-0.25, -0.2) is 18.8 Å². The zero-order valence-electron chi connectivity index (χ0n) is 29.5. The second-order valence-corrected chi connectivity index (χ2v) is 14.3. The quantitative estimate of drug-likeness (QED) is 0.305. The maximum Gasteiger partial charge on any atom is 0.410 e. The zero-order valence-corrected chi connectivity index (χ0v) is 29.5. The molecule has 12 nitrogen and oxygen atoms in total. The summed E-state index contributed by atoms with van der Waals surface area (Å²) in [7, 11) is 0. The van der Waals surface area contributed by atoms with Gasteiger partial charge in [0.1, 0.15) is 29.6 Å². The number of benzene rings is 1. The largest absolute Gasteiger partial charge is 0.479 e. The minimum atomic E-state index is -1.87. The first kappa shape index (κ1) is 38.4. The molecule has 1 aromatic carbocycles. The van der Waals surface area contributed by atoms with Crippen LogP contribution in [0.5, 0.6) is 0 Å². The lowest BCUT2D eigenvalue weighted by atomic mass is 9.94. The molecule has 0 bridgehead atoms. The number of nitrogens with zero attached hydrogens (tertiary/aromatic N) is 2. The molecular formula is C37H51FN4O8. The number of alkyl carbamates (subject to hydrolysis) is 1. The Morgan fingerprint density at radius 2 is 1.92 bits per heavy atom. The Bertz CT molecular complexity index is 1480. The molecule has 274 valence electrons. The summed E-state index contributed by atoms with van der Waals surface area (Å²) in [6, 6.07) is 1.56. The van der Waals surface area contributed by atoms with Crippen molar-refractivity contribution in [3.05, 3.63) is 60.0 Å². The highest BCUT2D eigenvalue weighted by atomic mass is 19.1. The number of unbranched alkanes of at least 4 members (excludes halogenated alkanes) is 1. The van der Waals surface area contributed by atoms with E-state index in [4.69, 9.17) is 9.47 Å². The third-order valence-corrected chi connectivity index (χ3v) is 9.46. The maximum absolute atomic E-state index is 14.7. The van der Waals surface area contributed by atoms with Crippen molar-refractivity contribution in [1.29, 1.82) is 0 Å². The molecule has 4 rings (SSSR count). The fourth-order valence-electron chi connectivity index (χ4n) is 6.81. The summed E-state index contributed by atoms with van der Waals surface area (Å²) in [5.41, 5.74) is -1.63. The van der Waals surface area contributed by atoms with Crippen molar-refractivity contribution in [2.24, 2.45) is 0 Å². The number of amides is 4. The van der Waals surface area contributed by atoms with Gasteiger partial charge in [-0.1, -0.05) is 63.0 Å². The molecule has 3 aliphatic rings. The van der Waals surface area contributed by atoms with Gasteiger partial charge in [-0.2, -0.15) is 0 Å². The van der Waals surface area contributed by atoms with Crippen LogP contribution < -0.4 is 10.6 Å². The molecule has 1 saturated heterocycles. The van der Waals surface area contributed by atoms with Crippen molar-refractivity contribution >= 4 is 30.0 Å². The first-order chi connectivity index (χ1) is 23.7. The predicted octanol–water partition coefficient (Wildman–Crippen LogP) is 5.74. The molecule has 3 N–H and O–H groups in total. The van der Waals surface area contributed by atoms with Crippen molar-refractivity contribution in [3.63, 3.8) is 0 Å². The van der Waals surface area contributed by atoms with Crippen LogP contribution >= 0.6 is 0 Å². The van der Waals surface area contributed by atoms with E-state index < -0.39 is 71.2 Å². The number of hydrogen-bond acceptors (Lipinski definition) is 7. The number of fused-ring (bicyclic) bond motifs is 2. The highest BCUT2D eigenvalue weighted by molar-refractivity contribution is 5.95. The van der Waals surface area contributed by atoms with Crippen LogP contribution in [0.3, 0.4) is 0 Å². The second kappa shape index (κ2) is 16.5. The Hall–Kier alpha value is -4.42. The van der Waals surface area contributed by atoms with Crippen molar-refractivity contribution < 1.29 is 42.9 Å². The maximum atomic E-state index is 14.7. The van der Waals surface area contributed by atoms with E-state index in [0.29, 0.717) is 36.8 Å². The van der Waals surface area contributed by atoms with Gasteiger partial charge in [-0.05, 0) is 58.1 Å². The fraction of sp³-hybridized carbons (Fsp3) is 0.595. The lowest BCUT2D eigenvalue weighted by Crippen LogP contribution is -2.60. The second-order valence-electron chi connectivity index (χ2n) is 14.3. The summed E-state index contributed by atoms with van der Waals surface area (Å²) >= 11 is 0. The van der Waals surface area contributed by atoms with Crippen molar-refractivity contribution in [1.82, 2.24) is 20.4 Å². The van der Waals surface area contributed by atoms with Gasteiger partial charge in [0.2, 0.25) is 11.8 Å². The fourth-order valence-corrected chi connectivity index (χ4v) is 6.81. The summed E-state index contributed by atoms with van der Waals surface area (Å²) in [5.74, 6) is -3.05. The summed E-state index contributed by atoms with van der Waals surface area (Å²) in [4.78, 5) is 70.8. The summed E-state index contributed by atoms with van der Waals surface area (Å²) in [6.45, 7) is 11.0. The van der Waals surface area contributed by atoms with Crippen LogP contribution in [0.25, 0.3) is 0 Å². The molecule has 0 aromatic heterocycles. The molecule has 5 atom stereocenters. The molecule has 0 saturated carbocycles. The number of halogens is 1. The number of hydrogen-bond donors (Lipinski definition) is 3. The lowest BCUT2D eigenvalue weighted by Gasteiger charge is -2.35. The minimum Gasteiger partial charge on any atom is -0.479 e. The summed E-state index contributed by atoms with van der Waals surface area (Å²) < 4.78 is 26.0. The van der Waals surface area contributed by atoms with E-state index in [-0.39, 0.29) is 32.4 Å². The Labute approximate surface area is 293 Å². The van der Waals surface area contributed by atoms with Crippen LogP contribution in [0.2, 0.25) is 0 Å². The van der Waals surface area contributed by atoms with E-state index in [1.807, 2.05) is 13.0 Å². The molecule has 50 heavy (non-hydrogen) atoms. The standard InChI is InChI=1S/C37H51FN4O8/c1-6-8-19-28-30(49-35(48)41-22-24-16-15-17-26(38)25(24)23-41)21-29-31(43)40-37(7-2,33(45)46)20-14-12-10-9-11-13-18-27(32(44)42(28)29)39-34(47)50-36(3,4)5/h7,12,14-17,27-30H,2,6,8-11,13,18-23H2,1,3-5H3,(H,39,47)(H,40,43)(H,45,46)/b14-12-/t27-,28-,29-,30+,37+/m0/s1. The first-order valence-corrected chi connectivity index (χ1v) is 17.6. The van der Waals surface area contributed by atoms with Gasteiger partial charge >= 0.3 is 18.2 Å². The molecule has 0 radical (unpaired) electrons. The highest BCUT2D eigenvalue weighted by Gasteiger charge is 2.52. The number of aliphatic carboxylic acids is 1. The van der Waals surface area contributed by atoms with Gasteiger partial charge in [0.25, 0.3) is 0 Å². The zero-order chi connectivity index (χ0) is 36.6. The topological polar surface area (TPSA) is 155 Å². The van der Waals surface area contributed by atoms with Gasteiger partial charge < -0.3 is 30.1 Å². The van der Waals surface area contributed by atoms with Gasteiger partial charge in [0, 0.05) is 24.9 Å². The third-order valence-electron chi connectivity index (χ3n) is 9.46. The normalized spacial score (nSPS) is 26.8.